The van der Waals surface area contributed by atoms with Crippen molar-refractivity contribution in [3.63, 3.8) is 0 Å². The Bertz CT molecular complexity index is 517. The maximum Gasteiger partial charge on any atom is 0.333 e. The first-order valence-electron chi connectivity index (χ1n) is 6.75. The Balaban J connectivity index is 4.47. The number of aliphatic hydroxyl groups excluding tert-OH is 1. The summed E-state index contributed by atoms with van der Waals surface area (Å²) in [6.07, 6.45) is -2.89. The number of aliphatic hydroxyl groups is 1. The highest BCUT2D eigenvalue weighted by Gasteiger charge is 2.35. The van der Waals surface area contributed by atoms with Crippen molar-refractivity contribution < 1.29 is 39.2 Å². The molecular weight excluding hydrogens is 328 g/mol. The number of guanidine groups is 1. The molecule has 0 radical (unpaired) electrons. The van der Waals surface area contributed by atoms with Gasteiger partial charge in [0, 0.05) is 6.54 Å². The molecule has 12 heteroatoms. The molecule has 0 spiro atoms. The predicted molar refractivity (Wildman–Crippen MR) is 78.4 cm³/mol. The van der Waals surface area contributed by atoms with Crippen LogP contribution in [0.15, 0.2) is 4.99 Å². The van der Waals surface area contributed by atoms with Crippen LogP contribution in [0.25, 0.3) is 0 Å². The molecule has 24 heavy (non-hydrogen) atoms. The summed E-state index contributed by atoms with van der Waals surface area (Å²) < 4.78 is 4.35. The lowest BCUT2D eigenvalue weighted by Crippen LogP contribution is -2.38. The summed E-state index contributed by atoms with van der Waals surface area (Å²) in [5, 5.41) is 26.6. The van der Waals surface area contributed by atoms with Gasteiger partial charge < -0.3 is 37.3 Å². The average Bonchev–Trinajstić information content (AvgIpc) is 2.47. The fourth-order valence-corrected chi connectivity index (χ4v) is 1.55. The highest BCUT2D eigenvalue weighted by molar-refractivity contribution is 5.91. The van der Waals surface area contributed by atoms with E-state index in [9.17, 15) is 24.3 Å². The summed E-state index contributed by atoms with van der Waals surface area (Å²) in [5.41, 5.74) is 15.7. The third kappa shape index (κ3) is 8.05. The van der Waals surface area contributed by atoms with Crippen molar-refractivity contribution in [2.24, 2.45) is 28.1 Å². The van der Waals surface area contributed by atoms with Gasteiger partial charge in [-0.15, -0.1) is 0 Å². The number of rotatable bonds is 10. The summed E-state index contributed by atoms with van der Waals surface area (Å²) in [6, 6.07) is -1.17. The summed E-state index contributed by atoms with van der Waals surface area (Å²) in [4.78, 5) is 48.1. The van der Waals surface area contributed by atoms with E-state index >= 15 is 0 Å². The van der Waals surface area contributed by atoms with Crippen molar-refractivity contribution in [2.75, 3.05) is 6.54 Å². The molecule has 0 saturated carbocycles. The minimum absolute atomic E-state index is 0.100. The van der Waals surface area contributed by atoms with Crippen molar-refractivity contribution >= 4 is 29.8 Å². The first kappa shape index (κ1) is 21.3. The third-order valence-corrected chi connectivity index (χ3v) is 2.82. The van der Waals surface area contributed by atoms with Gasteiger partial charge >= 0.3 is 23.9 Å². The lowest BCUT2D eigenvalue weighted by molar-refractivity contribution is -0.167. The normalized spacial score (nSPS) is 14.1. The molecule has 0 rings (SSSR count). The number of esters is 2. The molecule has 0 aliphatic heterocycles. The predicted octanol–water partition coefficient (Wildman–Crippen LogP) is -3.03. The van der Waals surface area contributed by atoms with Gasteiger partial charge in [0.15, 0.2) is 12.1 Å². The molecule has 0 heterocycles. The number of aliphatic imine (C=N–C) groups is 1. The zero-order valence-electron chi connectivity index (χ0n) is 12.6. The van der Waals surface area contributed by atoms with Crippen molar-refractivity contribution in [1.82, 2.24) is 0 Å². The van der Waals surface area contributed by atoms with Crippen LogP contribution in [0.1, 0.15) is 19.3 Å². The Hall–Kier alpha value is -2.73. The molecule has 3 atom stereocenters. The average molecular weight is 348 g/mol. The molecule has 0 aliphatic carbocycles. The third-order valence-electron chi connectivity index (χ3n) is 2.82. The number of hydrogen-bond acceptors (Lipinski definition) is 8. The largest absolute Gasteiger partial charge is 0.481 e. The maximum atomic E-state index is 11.6. The van der Waals surface area contributed by atoms with Crippen LogP contribution in [-0.2, 0) is 23.9 Å². The molecule has 136 valence electrons. The van der Waals surface area contributed by atoms with E-state index < -0.39 is 48.4 Å². The summed E-state index contributed by atoms with van der Waals surface area (Å²) in [7, 11) is 0. The quantitative estimate of drug-likeness (QED) is 0.0764. The maximum absolute atomic E-state index is 11.6. The van der Waals surface area contributed by atoms with Crippen LogP contribution in [-0.4, -0.2) is 63.8 Å². The number of ether oxygens (including phenoxy) is 1. The fraction of sp³-hybridized carbons (Fsp3) is 0.583. The Morgan fingerprint density at radius 1 is 1.08 bits per heavy atom. The van der Waals surface area contributed by atoms with Gasteiger partial charge in [0.05, 0.1) is 6.42 Å². The standard InChI is InChI=1S/C12H20N4O8/c13-6(2-1-3-16-12(14)15)11(23)24-7(17)4-5(9(19)20)8(18)10(21)22/h5-6,8,18H,1-4,13H2,(H,19,20)(H,21,22)(H4,14,15,16)/t5?,6-,8?/m0/s1. The van der Waals surface area contributed by atoms with Crippen LogP contribution in [0.3, 0.4) is 0 Å². The number of carboxylic acid groups (broad SMARTS) is 2. The Morgan fingerprint density at radius 2 is 1.67 bits per heavy atom. The monoisotopic (exact) mass is 348 g/mol. The van der Waals surface area contributed by atoms with E-state index in [0.29, 0.717) is 6.42 Å². The van der Waals surface area contributed by atoms with E-state index in [-0.39, 0.29) is 18.9 Å². The Labute approximate surface area is 136 Å². The van der Waals surface area contributed by atoms with Gasteiger partial charge in [-0.2, -0.15) is 0 Å². The van der Waals surface area contributed by atoms with E-state index in [1.54, 1.807) is 0 Å². The van der Waals surface area contributed by atoms with E-state index in [1.807, 2.05) is 0 Å². The van der Waals surface area contributed by atoms with E-state index in [4.69, 9.17) is 27.4 Å². The van der Waals surface area contributed by atoms with Gasteiger partial charge in [-0.1, -0.05) is 0 Å². The molecule has 9 N–H and O–H groups in total. The van der Waals surface area contributed by atoms with Crippen molar-refractivity contribution in [3.8, 4) is 0 Å². The number of hydrogen-bond donors (Lipinski definition) is 6. The lowest BCUT2D eigenvalue weighted by Gasteiger charge is -2.15. The number of carboxylic acids is 2. The molecule has 2 unspecified atom stereocenters. The van der Waals surface area contributed by atoms with Gasteiger partial charge in [-0.25, -0.2) is 9.59 Å². The highest BCUT2D eigenvalue weighted by Crippen LogP contribution is 2.12. The highest BCUT2D eigenvalue weighted by atomic mass is 16.6. The van der Waals surface area contributed by atoms with Crippen molar-refractivity contribution in [2.45, 2.75) is 31.4 Å². The zero-order valence-corrected chi connectivity index (χ0v) is 12.6. The van der Waals surface area contributed by atoms with Crippen molar-refractivity contribution in [1.29, 1.82) is 0 Å². The molecule has 0 bridgehead atoms. The van der Waals surface area contributed by atoms with E-state index in [0.717, 1.165) is 0 Å². The molecule has 0 fully saturated rings. The summed E-state index contributed by atoms with van der Waals surface area (Å²) in [6.45, 7) is 0.211. The van der Waals surface area contributed by atoms with E-state index in [2.05, 4.69) is 9.73 Å². The molecular formula is C12H20N4O8. The van der Waals surface area contributed by atoms with Crippen LogP contribution in [0.4, 0.5) is 0 Å². The first-order chi connectivity index (χ1) is 11.1. The SMILES string of the molecule is NC(N)=NCCC[C@H](N)C(=O)OC(=O)CC(C(=O)O)C(O)C(=O)O. The first-order valence-corrected chi connectivity index (χ1v) is 6.75. The topological polar surface area (TPSA) is 229 Å². The fourth-order valence-electron chi connectivity index (χ4n) is 1.55. The number of carbonyl (C=O) groups excluding carboxylic acids is 2. The summed E-state index contributed by atoms with van der Waals surface area (Å²) in [5.74, 6) is -8.06. The van der Waals surface area contributed by atoms with Crippen LogP contribution in [0.5, 0.6) is 0 Å². The molecule has 0 saturated heterocycles. The molecule has 12 nitrogen and oxygen atoms in total. The second-order valence-corrected chi connectivity index (χ2v) is 4.78. The van der Waals surface area contributed by atoms with Crippen LogP contribution < -0.4 is 17.2 Å². The summed E-state index contributed by atoms with van der Waals surface area (Å²) >= 11 is 0. The number of nitrogens with zero attached hydrogens (tertiary/aromatic N) is 1. The van der Waals surface area contributed by atoms with Gasteiger partial charge in [-0.05, 0) is 12.8 Å². The van der Waals surface area contributed by atoms with Crippen LogP contribution in [0.2, 0.25) is 0 Å². The van der Waals surface area contributed by atoms with Crippen LogP contribution in [0, 0.1) is 5.92 Å². The smallest absolute Gasteiger partial charge is 0.333 e. The lowest BCUT2D eigenvalue weighted by atomic mass is 9.99. The molecule has 0 aromatic heterocycles. The van der Waals surface area contributed by atoms with Gasteiger partial charge in [0.25, 0.3) is 0 Å². The van der Waals surface area contributed by atoms with Crippen molar-refractivity contribution in [3.05, 3.63) is 0 Å². The van der Waals surface area contributed by atoms with E-state index in [1.165, 1.54) is 0 Å². The minimum atomic E-state index is -2.32. The number of aliphatic carboxylic acids is 2. The number of carbonyl (C=O) groups is 4. The number of nitrogens with two attached hydrogens (primary N) is 3. The Morgan fingerprint density at radius 3 is 2.12 bits per heavy atom. The second kappa shape index (κ2) is 10.1. The zero-order chi connectivity index (χ0) is 18.9. The van der Waals surface area contributed by atoms with Gasteiger partial charge in [0.1, 0.15) is 12.0 Å². The van der Waals surface area contributed by atoms with Gasteiger partial charge in [-0.3, -0.25) is 14.6 Å². The minimum Gasteiger partial charge on any atom is -0.481 e. The van der Waals surface area contributed by atoms with Gasteiger partial charge in [0.2, 0.25) is 0 Å². The molecule has 0 aromatic carbocycles. The Kier molecular flexibility index (Phi) is 8.97. The molecule has 0 aliphatic rings. The molecule has 0 aromatic rings. The van der Waals surface area contributed by atoms with Crippen LogP contribution >= 0.6 is 0 Å². The second-order valence-electron chi connectivity index (χ2n) is 4.78. The molecule has 0 amide bonds.